The van der Waals surface area contributed by atoms with E-state index in [4.69, 9.17) is 22.2 Å². The van der Waals surface area contributed by atoms with Gasteiger partial charge in [0.15, 0.2) is 0 Å². The molecule has 2 amide bonds. The molecular weight excluding hydrogens is 528 g/mol. The first-order valence-corrected chi connectivity index (χ1v) is 12.6. The molecule has 0 saturated heterocycles. The van der Waals surface area contributed by atoms with Crippen molar-refractivity contribution in [1.82, 2.24) is 10.6 Å². The summed E-state index contributed by atoms with van der Waals surface area (Å²) in [7, 11) is 1.27. The smallest absolute Gasteiger partial charge is 0.348 e. The maximum atomic E-state index is 13.2. The van der Waals surface area contributed by atoms with E-state index in [1.54, 1.807) is 18.2 Å². The Kier molecular flexibility index (Phi) is 10.5. The van der Waals surface area contributed by atoms with Gasteiger partial charge in [0, 0.05) is 24.7 Å². The van der Waals surface area contributed by atoms with Crippen LogP contribution in [0.15, 0.2) is 70.9 Å². The second kappa shape index (κ2) is 14.0. The number of carbonyl (C=O) groups excluding carboxylic acids is 3. The summed E-state index contributed by atoms with van der Waals surface area (Å²) in [4.78, 5) is 38.5. The van der Waals surface area contributed by atoms with Crippen LogP contribution in [0.2, 0.25) is 5.02 Å². The Morgan fingerprint density at radius 3 is 2.61 bits per heavy atom. The van der Waals surface area contributed by atoms with Gasteiger partial charge in [-0.2, -0.15) is 5.10 Å². The molecule has 10 nitrogen and oxygen atoms in total. The van der Waals surface area contributed by atoms with Gasteiger partial charge >= 0.3 is 5.97 Å². The second-order valence-electron chi connectivity index (χ2n) is 7.96. The molecule has 0 spiro atoms. The summed E-state index contributed by atoms with van der Waals surface area (Å²) in [5.74, 6) is 4.67. The van der Waals surface area contributed by atoms with Crippen molar-refractivity contribution in [2.75, 3.05) is 18.7 Å². The van der Waals surface area contributed by atoms with Crippen molar-refractivity contribution in [2.24, 2.45) is 16.0 Å². The zero-order valence-electron chi connectivity index (χ0n) is 20.6. The molecule has 12 heteroatoms. The lowest BCUT2D eigenvalue weighted by molar-refractivity contribution is -0.122. The molecule has 0 fully saturated rings. The summed E-state index contributed by atoms with van der Waals surface area (Å²) in [5, 5.41) is 14.5. The number of halogens is 1. The standard InChI is InChI=1S/C26H27ClN6O4S/c1-29-31-16-33(28)21-9-8-19(27)15-18(21)12-13-30-24(34)20(14-17-6-4-3-5-7-17)32-25(35)22-10-11-23(38-22)26(36)37-2/h3-11,15-16,20H,1,12-14,28H2,2H3,(H,30,34)(H,32,35)/b31-16-/t20-/m0/s1. The van der Waals surface area contributed by atoms with E-state index in [0.29, 0.717) is 26.9 Å². The van der Waals surface area contributed by atoms with Crippen molar-refractivity contribution < 1.29 is 19.1 Å². The normalized spacial score (nSPS) is 11.6. The lowest BCUT2D eigenvalue weighted by atomic mass is 10.0. The number of nitrogens with one attached hydrogen (secondary N) is 2. The van der Waals surface area contributed by atoms with Crippen LogP contribution in [0.3, 0.4) is 0 Å². The molecule has 0 unspecified atom stereocenters. The molecule has 38 heavy (non-hydrogen) atoms. The summed E-state index contributed by atoms with van der Waals surface area (Å²) in [6.07, 6.45) is 1.99. The molecule has 4 N–H and O–H groups in total. The fourth-order valence-corrected chi connectivity index (χ4v) is 4.58. The molecule has 3 aromatic rings. The minimum absolute atomic E-state index is 0.253. The van der Waals surface area contributed by atoms with Crippen LogP contribution in [0.4, 0.5) is 5.69 Å². The SMILES string of the molecule is C=N/N=C\N(N)c1ccc(Cl)cc1CCNC(=O)[C@H](Cc1ccccc1)NC(=O)c1ccc(C(=O)OC)s1. The summed E-state index contributed by atoms with van der Waals surface area (Å²) >= 11 is 7.16. The third-order valence-corrected chi connectivity index (χ3v) is 6.69. The van der Waals surface area contributed by atoms with Gasteiger partial charge in [0.2, 0.25) is 5.91 Å². The molecule has 1 heterocycles. The third kappa shape index (κ3) is 7.97. The molecule has 1 atom stereocenters. The van der Waals surface area contributed by atoms with Gasteiger partial charge in [-0.3, -0.25) is 14.6 Å². The van der Waals surface area contributed by atoms with E-state index < -0.39 is 17.9 Å². The Morgan fingerprint density at radius 1 is 1.16 bits per heavy atom. The maximum absolute atomic E-state index is 13.2. The molecule has 0 aliphatic carbocycles. The minimum atomic E-state index is -0.857. The van der Waals surface area contributed by atoms with Gasteiger partial charge in [-0.05, 0) is 47.9 Å². The lowest BCUT2D eigenvalue weighted by Gasteiger charge is -2.20. The van der Waals surface area contributed by atoms with Gasteiger partial charge in [-0.15, -0.1) is 16.4 Å². The van der Waals surface area contributed by atoms with E-state index in [1.807, 2.05) is 30.3 Å². The first-order chi connectivity index (χ1) is 18.3. The molecule has 1 aromatic heterocycles. The quantitative estimate of drug-likeness (QED) is 0.103. The van der Waals surface area contributed by atoms with Crippen LogP contribution < -0.4 is 21.5 Å². The van der Waals surface area contributed by atoms with Gasteiger partial charge in [0.05, 0.1) is 17.7 Å². The number of esters is 1. The largest absolute Gasteiger partial charge is 0.465 e. The molecule has 0 aliphatic rings. The van der Waals surface area contributed by atoms with Gasteiger partial charge in [0.25, 0.3) is 5.91 Å². The summed E-state index contributed by atoms with van der Waals surface area (Å²) in [6.45, 7) is 3.54. The highest BCUT2D eigenvalue weighted by atomic mass is 35.5. The number of thiophene rings is 1. The van der Waals surface area contributed by atoms with Crippen molar-refractivity contribution in [3.8, 4) is 0 Å². The van der Waals surface area contributed by atoms with Crippen LogP contribution in [0, 0.1) is 0 Å². The van der Waals surface area contributed by atoms with Crippen LogP contribution in [0.25, 0.3) is 0 Å². The zero-order valence-corrected chi connectivity index (χ0v) is 22.2. The topological polar surface area (TPSA) is 138 Å². The number of methoxy groups -OCH3 is 1. The number of nitrogens with zero attached hydrogens (tertiary/aromatic N) is 3. The van der Waals surface area contributed by atoms with E-state index in [2.05, 4.69) is 27.6 Å². The minimum Gasteiger partial charge on any atom is -0.465 e. The average molecular weight is 555 g/mol. The van der Waals surface area contributed by atoms with E-state index in [0.717, 1.165) is 22.5 Å². The van der Waals surface area contributed by atoms with E-state index in [-0.39, 0.29) is 18.9 Å². The number of amides is 2. The van der Waals surface area contributed by atoms with Crippen molar-refractivity contribution in [2.45, 2.75) is 18.9 Å². The Morgan fingerprint density at radius 2 is 1.89 bits per heavy atom. The van der Waals surface area contributed by atoms with Crippen molar-refractivity contribution in [1.29, 1.82) is 0 Å². The summed E-state index contributed by atoms with van der Waals surface area (Å²) in [6, 6.07) is 16.7. The van der Waals surface area contributed by atoms with Crippen molar-refractivity contribution in [3.05, 3.63) is 86.6 Å². The molecule has 0 radical (unpaired) electrons. The molecule has 3 rings (SSSR count). The van der Waals surface area contributed by atoms with Crippen LogP contribution >= 0.6 is 22.9 Å². The van der Waals surface area contributed by atoms with Crippen molar-refractivity contribution >= 4 is 59.5 Å². The lowest BCUT2D eigenvalue weighted by Crippen LogP contribution is -2.48. The number of carbonyl (C=O) groups is 3. The number of rotatable bonds is 12. The predicted octanol–water partition coefficient (Wildman–Crippen LogP) is 3.21. The average Bonchev–Trinajstić information content (AvgIpc) is 3.42. The highest BCUT2D eigenvalue weighted by Gasteiger charge is 2.23. The Bertz CT molecular complexity index is 1310. The summed E-state index contributed by atoms with van der Waals surface area (Å²) in [5.41, 5.74) is 2.28. The number of hydrazine groups is 1. The first-order valence-electron chi connectivity index (χ1n) is 11.4. The number of hydrogen-bond donors (Lipinski definition) is 3. The maximum Gasteiger partial charge on any atom is 0.348 e. The number of benzene rings is 2. The number of ether oxygens (including phenoxy) is 1. The second-order valence-corrected chi connectivity index (χ2v) is 9.49. The number of hydrogen-bond acceptors (Lipinski definition) is 8. The number of anilines is 1. The molecular formula is C26H27ClN6O4S. The van der Waals surface area contributed by atoms with E-state index in [9.17, 15) is 14.4 Å². The van der Waals surface area contributed by atoms with E-state index >= 15 is 0 Å². The van der Waals surface area contributed by atoms with Gasteiger partial charge in [-0.1, -0.05) is 41.9 Å². The molecule has 0 aliphatic heterocycles. The molecule has 198 valence electrons. The molecule has 0 bridgehead atoms. The van der Waals surface area contributed by atoms with Crippen LogP contribution in [-0.4, -0.2) is 50.5 Å². The molecule has 0 saturated carbocycles. The van der Waals surface area contributed by atoms with Crippen molar-refractivity contribution in [3.63, 3.8) is 0 Å². The number of nitrogens with two attached hydrogens (primary N) is 1. The monoisotopic (exact) mass is 554 g/mol. The highest BCUT2D eigenvalue weighted by molar-refractivity contribution is 7.15. The Labute approximate surface area is 229 Å². The Balaban J connectivity index is 1.71. The zero-order chi connectivity index (χ0) is 27.5. The van der Waals surface area contributed by atoms with Gasteiger partial charge < -0.3 is 15.4 Å². The van der Waals surface area contributed by atoms with Crippen LogP contribution in [-0.2, 0) is 22.4 Å². The Hall–Kier alpha value is -4.06. The van der Waals surface area contributed by atoms with Crippen LogP contribution in [0.5, 0.6) is 0 Å². The third-order valence-electron chi connectivity index (χ3n) is 5.39. The van der Waals surface area contributed by atoms with E-state index in [1.165, 1.54) is 30.6 Å². The fourth-order valence-electron chi connectivity index (χ4n) is 3.56. The summed E-state index contributed by atoms with van der Waals surface area (Å²) < 4.78 is 4.70. The molecule has 2 aromatic carbocycles. The van der Waals surface area contributed by atoms with Gasteiger partial charge in [0.1, 0.15) is 17.3 Å². The fraction of sp³-hybridized carbons (Fsp3) is 0.192. The van der Waals surface area contributed by atoms with Crippen LogP contribution in [0.1, 0.15) is 30.5 Å². The van der Waals surface area contributed by atoms with Gasteiger partial charge in [-0.25, -0.2) is 10.6 Å². The highest BCUT2D eigenvalue weighted by Crippen LogP contribution is 2.23. The first kappa shape index (κ1) is 28.5. The predicted molar refractivity (Wildman–Crippen MR) is 150 cm³/mol.